The van der Waals surface area contributed by atoms with Crippen molar-refractivity contribution in [3.8, 4) is 0 Å². The summed E-state index contributed by atoms with van der Waals surface area (Å²) in [5.74, 6) is 0. The lowest BCUT2D eigenvalue weighted by molar-refractivity contribution is 0.321. The van der Waals surface area contributed by atoms with Crippen LogP contribution in [-0.2, 0) is 6.42 Å². The quantitative estimate of drug-likeness (QED) is 0.899. The van der Waals surface area contributed by atoms with E-state index in [1.807, 2.05) is 0 Å². The molecule has 1 aliphatic heterocycles. The Hall–Kier alpha value is -0.830. The molecule has 1 aromatic rings. The van der Waals surface area contributed by atoms with Gasteiger partial charge in [0.1, 0.15) is 0 Å². The minimum atomic E-state index is 0.325. The molecule has 1 atom stereocenters. The summed E-state index contributed by atoms with van der Waals surface area (Å²) < 4.78 is 2.24. The van der Waals surface area contributed by atoms with Crippen LogP contribution < -0.4 is 5.32 Å². The average molecular weight is 261 g/mol. The zero-order valence-electron chi connectivity index (χ0n) is 12.2. The fourth-order valence-corrected chi connectivity index (χ4v) is 3.81. The molecule has 19 heavy (non-hydrogen) atoms. The first-order chi connectivity index (χ1) is 9.31. The van der Waals surface area contributed by atoms with E-state index in [1.54, 1.807) is 0 Å². The van der Waals surface area contributed by atoms with Crippen LogP contribution in [0.3, 0.4) is 0 Å². The van der Waals surface area contributed by atoms with Crippen LogP contribution >= 0.6 is 0 Å². The van der Waals surface area contributed by atoms with Gasteiger partial charge in [-0.3, -0.25) is 4.68 Å². The van der Waals surface area contributed by atoms with Crippen LogP contribution in [0.2, 0.25) is 0 Å². The van der Waals surface area contributed by atoms with Crippen molar-refractivity contribution < 1.29 is 0 Å². The van der Waals surface area contributed by atoms with Crippen molar-refractivity contribution in [1.82, 2.24) is 15.1 Å². The Morgan fingerprint density at radius 2 is 2.16 bits per heavy atom. The largest absolute Gasteiger partial charge is 0.311 e. The van der Waals surface area contributed by atoms with Gasteiger partial charge >= 0.3 is 0 Å². The van der Waals surface area contributed by atoms with Crippen molar-refractivity contribution in [2.24, 2.45) is 0 Å². The van der Waals surface area contributed by atoms with Crippen LogP contribution in [-0.4, -0.2) is 21.9 Å². The maximum atomic E-state index is 4.87. The number of nitrogens with zero attached hydrogens (tertiary/aromatic N) is 2. The van der Waals surface area contributed by atoms with Gasteiger partial charge < -0.3 is 5.32 Å². The highest BCUT2D eigenvalue weighted by molar-refractivity contribution is 5.08. The van der Waals surface area contributed by atoms with E-state index < -0.39 is 0 Å². The van der Waals surface area contributed by atoms with E-state index in [4.69, 9.17) is 5.10 Å². The lowest BCUT2D eigenvalue weighted by Crippen LogP contribution is -2.41. The Morgan fingerprint density at radius 1 is 1.32 bits per heavy atom. The zero-order chi connectivity index (χ0) is 13.1. The minimum Gasteiger partial charge on any atom is -0.311 e. The molecule has 1 saturated heterocycles. The topological polar surface area (TPSA) is 29.9 Å². The highest BCUT2D eigenvalue weighted by atomic mass is 15.3. The van der Waals surface area contributed by atoms with Crippen molar-refractivity contribution in [3.05, 3.63) is 18.0 Å². The van der Waals surface area contributed by atoms with Crippen LogP contribution in [0.4, 0.5) is 0 Å². The van der Waals surface area contributed by atoms with Crippen LogP contribution in [0.25, 0.3) is 0 Å². The summed E-state index contributed by atoms with van der Waals surface area (Å²) in [6, 6.07) is 2.91. The molecule has 106 valence electrons. The van der Waals surface area contributed by atoms with Crippen molar-refractivity contribution in [2.75, 3.05) is 6.54 Å². The first-order valence-electron chi connectivity index (χ1n) is 8.10. The Balaban J connectivity index is 1.67. The second-order valence-corrected chi connectivity index (χ2v) is 6.42. The fourth-order valence-electron chi connectivity index (χ4n) is 3.81. The van der Waals surface area contributed by atoms with Gasteiger partial charge in [0, 0.05) is 18.2 Å². The van der Waals surface area contributed by atoms with E-state index in [9.17, 15) is 0 Å². The molecule has 2 fully saturated rings. The summed E-state index contributed by atoms with van der Waals surface area (Å²) in [5, 5.41) is 8.57. The first-order valence-corrected chi connectivity index (χ1v) is 8.10. The molecule has 0 aromatic carbocycles. The van der Waals surface area contributed by atoms with E-state index in [-0.39, 0.29) is 0 Å². The van der Waals surface area contributed by atoms with Gasteiger partial charge in [0.2, 0.25) is 0 Å². The lowest BCUT2D eigenvalue weighted by Gasteiger charge is -2.27. The SMILES string of the molecule is CCC1(Cc2ccn(C3CCCCC3)n2)CCCN1. The normalized spacial score (nSPS) is 28.9. The van der Waals surface area contributed by atoms with E-state index in [0.29, 0.717) is 11.6 Å². The monoisotopic (exact) mass is 261 g/mol. The van der Waals surface area contributed by atoms with Crippen molar-refractivity contribution in [1.29, 1.82) is 0 Å². The summed E-state index contributed by atoms with van der Waals surface area (Å²) in [7, 11) is 0. The molecule has 2 heterocycles. The third kappa shape index (κ3) is 2.86. The van der Waals surface area contributed by atoms with E-state index >= 15 is 0 Å². The van der Waals surface area contributed by atoms with Gasteiger partial charge in [-0.05, 0) is 44.7 Å². The van der Waals surface area contributed by atoms with Gasteiger partial charge in [0.15, 0.2) is 0 Å². The molecule has 3 heteroatoms. The number of nitrogens with one attached hydrogen (secondary N) is 1. The lowest BCUT2D eigenvalue weighted by atomic mass is 9.89. The summed E-state index contributed by atoms with van der Waals surface area (Å²) in [4.78, 5) is 0. The van der Waals surface area contributed by atoms with E-state index in [0.717, 1.165) is 6.42 Å². The molecule has 1 aliphatic carbocycles. The van der Waals surface area contributed by atoms with Gasteiger partial charge in [-0.1, -0.05) is 26.2 Å². The van der Waals surface area contributed by atoms with Crippen molar-refractivity contribution in [2.45, 2.75) is 76.3 Å². The van der Waals surface area contributed by atoms with Crippen LogP contribution in [0.5, 0.6) is 0 Å². The first kappa shape index (κ1) is 13.2. The molecule has 0 radical (unpaired) electrons. The van der Waals surface area contributed by atoms with Crippen molar-refractivity contribution >= 4 is 0 Å². The molecule has 1 unspecified atom stereocenters. The Morgan fingerprint density at radius 3 is 2.84 bits per heavy atom. The van der Waals surface area contributed by atoms with E-state index in [2.05, 4.69) is 29.2 Å². The molecular formula is C16H27N3. The predicted molar refractivity (Wildman–Crippen MR) is 78.3 cm³/mol. The smallest absolute Gasteiger partial charge is 0.0643 e. The van der Waals surface area contributed by atoms with Crippen LogP contribution in [0.1, 0.15) is 70.0 Å². The minimum absolute atomic E-state index is 0.325. The predicted octanol–water partition coefficient (Wildman–Crippen LogP) is 3.46. The van der Waals surface area contributed by atoms with Crippen LogP contribution in [0.15, 0.2) is 12.3 Å². The van der Waals surface area contributed by atoms with Crippen molar-refractivity contribution in [3.63, 3.8) is 0 Å². The fraction of sp³-hybridized carbons (Fsp3) is 0.812. The summed E-state index contributed by atoms with van der Waals surface area (Å²) in [6.07, 6.45) is 13.9. The molecule has 3 nitrogen and oxygen atoms in total. The van der Waals surface area contributed by atoms with Gasteiger partial charge in [0.05, 0.1) is 11.7 Å². The molecule has 1 saturated carbocycles. The third-order valence-electron chi connectivity index (χ3n) is 5.14. The molecule has 2 aliphatic rings. The maximum absolute atomic E-state index is 4.87. The van der Waals surface area contributed by atoms with Crippen LogP contribution in [0, 0.1) is 0 Å². The number of aromatic nitrogens is 2. The second-order valence-electron chi connectivity index (χ2n) is 6.42. The molecule has 1 N–H and O–H groups in total. The molecular weight excluding hydrogens is 234 g/mol. The highest BCUT2D eigenvalue weighted by Gasteiger charge is 2.32. The molecule has 0 bridgehead atoms. The van der Waals surface area contributed by atoms with E-state index in [1.165, 1.54) is 63.6 Å². The van der Waals surface area contributed by atoms with Gasteiger partial charge in [-0.2, -0.15) is 5.10 Å². The number of hydrogen-bond donors (Lipinski definition) is 1. The highest BCUT2D eigenvalue weighted by Crippen LogP contribution is 2.29. The third-order valence-corrected chi connectivity index (χ3v) is 5.14. The van der Waals surface area contributed by atoms with Gasteiger partial charge in [-0.25, -0.2) is 0 Å². The maximum Gasteiger partial charge on any atom is 0.0643 e. The number of rotatable bonds is 4. The Labute approximate surface area is 116 Å². The molecule has 3 rings (SSSR count). The molecule has 1 aromatic heterocycles. The average Bonchev–Trinajstić information content (AvgIpc) is 3.10. The Bertz CT molecular complexity index is 398. The van der Waals surface area contributed by atoms with Gasteiger partial charge in [-0.15, -0.1) is 0 Å². The zero-order valence-corrected chi connectivity index (χ0v) is 12.2. The summed E-state index contributed by atoms with van der Waals surface area (Å²) in [6.45, 7) is 3.48. The Kier molecular flexibility index (Phi) is 3.92. The second kappa shape index (κ2) is 5.66. The standard InChI is InChI=1S/C16H27N3/c1-2-16(10-6-11-17-16)13-14-9-12-19(18-14)15-7-4-3-5-8-15/h9,12,15,17H,2-8,10-11,13H2,1H3. The summed E-state index contributed by atoms with van der Waals surface area (Å²) >= 11 is 0. The molecule has 0 amide bonds. The number of hydrogen-bond acceptors (Lipinski definition) is 2. The summed E-state index contributed by atoms with van der Waals surface area (Å²) in [5.41, 5.74) is 1.60. The molecule has 0 spiro atoms. The van der Waals surface area contributed by atoms with Gasteiger partial charge in [0.25, 0.3) is 0 Å².